The summed E-state index contributed by atoms with van der Waals surface area (Å²) in [6, 6.07) is 0.762. The Balaban J connectivity index is 2.85. The van der Waals surface area contributed by atoms with E-state index in [9.17, 15) is 18.0 Å². The van der Waals surface area contributed by atoms with Gasteiger partial charge in [0.15, 0.2) is 5.69 Å². The maximum atomic E-state index is 12.2. The van der Waals surface area contributed by atoms with Crippen molar-refractivity contribution in [3.8, 4) is 0 Å². The van der Waals surface area contributed by atoms with Crippen molar-refractivity contribution < 1.29 is 23.1 Å². The first-order chi connectivity index (χ1) is 7.13. The number of aliphatic carboxylic acids is 1. The van der Waals surface area contributed by atoms with Gasteiger partial charge in [0, 0.05) is 6.20 Å². The molecule has 3 N–H and O–H groups in total. The van der Waals surface area contributed by atoms with E-state index in [4.69, 9.17) is 10.8 Å². The van der Waals surface area contributed by atoms with Gasteiger partial charge in [-0.1, -0.05) is 0 Å². The van der Waals surface area contributed by atoms with Gasteiger partial charge in [-0.2, -0.15) is 18.3 Å². The Labute approximate surface area is 88.7 Å². The molecule has 16 heavy (non-hydrogen) atoms. The second-order valence-corrected chi connectivity index (χ2v) is 3.62. The molecular formula is C8H10F3N3O2. The van der Waals surface area contributed by atoms with Gasteiger partial charge in [0.1, 0.15) is 5.54 Å². The smallest absolute Gasteiger partial charge is 0.435 e. The van der Waals surface area contributed by atoms with Crippen LogP contribution in [0.3, 0.4) is 0 Å². The van der Waals surface area contributed by atoms with Crippen LogP contribution < -0.4 is 5.73 Å². The first kappa shape index (κ1) is 12.5. The Kier molecular flexibility index (Phi) is 2.95. The zero-order chi connectivity index (χ0) is 12.6. The SMILES string of the molecule is CC(N)(Cn1ccc(C(F)(F)F)n1)C(=O)O. The second-order valence-electron chi connectivity index (χ2n) is 3.62. The van der Waals surface area contributed by atoms with Crippen molar-refractivity contribution in [3.05, 3.63) is 18.0 Å². The van der Waals surface area contributed by atoms with Crippen molar-refractivity contribution in [1.82, 2.24) is 9.78 Å². The summed E-state index contributed by atoms with van der Waals surface area (Å²) in [5.41, 5.74) is 2.64. The van der Waals surface area contributed by atoms with Crippen LogP contribution in [0.1, 0.15) is 12.6 Å². The lowest BCUT2D eigenvalue weighted by Gasteiger charge is -2.18. The Morgan fingerprint density at radius 2 is 2.19 bits per heavy atom. The van der Waals surface area contributed by atoms with Crippen LogP contribution in [-0.2, 0) is 17.5 Å². The van der Waals surface area contributed by atoms with E-state index in [1.165, 1.54) is 6.92 Å². The summed E-state index contributed by atoms with van der Waals surface area (Å²) in [6.07, 6.45) is -3.50. The van der Waals surface area contributed by atoms with Crippen molar-refractivity contribution in [2.45, 2.75) is 25.2 Å². The molecule has 0 radical (unpaired) electrons. The molecule has 0 aliphatic heterocycles. The molecule has 0 bridgehead atoms. The largest absolute Gasteiger partial charge is 0.480 e. The standard InChI is InChI=1S/C8H10F3N3O2/c1-7(12,6(15)16)4-14-3-2-5(13-14)8(9,10)11/h2-3H,4,12H2,1H3,(H,15,16). The Bertz CT molecular complexity index is 397. The molecule has 1 atom stereocenters. The summed E-state index contributed by atoms with van der Waals surface area (Å²) in [6.45, 7) is 0.864. The number of hydrogen-bond acceptors (Lipinski definition) is 3. The Morgan fingerprint density at radius 3 is 2.56 bits per heavy atom. The highest BCUT2D eigenvalue weighted by Gasteiger charge is 2.35. The van der Waals surface area contributed by atoms with Gasteiger partial charge in [0.25, 0.3) is 0 Å². The maximum absolute atomic E-state index is 12.2. The molecule has 1 aromatic rings. The normalized spacial score (nSPS) is 15.8. The lowest BCUT2D eigenvalue weighted by molar-refractivity contribution is -0.143. The fourth-order valence-corrected chi connectivity index (χ4v) is 1.01. The fraction of sp³-hybridized carbons (Fsp3) is 0.500. The van der Waals surface area contributed by atoms with E-state index in [1.807, 2.05) is 0 Å². The maximum Gasteiger partial charge on any atom is 0.435 e. The molecule has 0 saturated heterocycles. The predicted octanol–water partition coefficient (Wildman–Crippen LogP) is 0.704. The van der Waals surface area contributed by atoms with Crippen LogP contribution >= 0.6 is 0 Å². The van der Waals surface area contributed by atoms with E-state index < -0.39 is 23.4 Å². The summed E-state index contributed by atoms with van der Waals surface area (Å²) >= 11 is 0. The van der Waals surface area contributed by atoms with Gasteiger partial charge < -0.3 is 10.8 Å². The molecule has 0 amide bonds. The van der Waals surface area contributed by atoms with Crippen LogP contribution in [0.4, 0.5) is 13.2 Å². The minimum Gasteiger partial charge on any atom is -0.480 e. The van der Waals surface area contributed by atoms with Crippen molar-refractivity contribution >= 4 is 5.97 Å². The topological polar surface area (TPSA) is 81.1 Å². The third kappa shape index (κ3) is 2.72. The summed E-state index contributed by atoms with van der Waals surface area (Å²) in [4.78, 5) is 10.6. The highest BCUT2D eigenvalue weighted by atomic mass is 19.4. The van der Waals surface area contributed by atoms with Crippen molar-refractivity contribution in [1.29, 1.82) is 0 Å². The van der Waals surface area contributed by atoms with E-state index >= 15 is 0 Å². The number of alkyl halides is 3. The van der Waals surface area contributed by atoms with Gasteiger partial charge in [-0.15, -0.1) is 0 Å². The number of nitrogens with two attached hydrogens (primary N) is 1. The van der Waals surface area contributed by atoms with Crippen LogP contribution in [0, 0.1) is 0 Å². The second kappa shape index (κ2) is 3.78. The molecule has 0 aliphatic rings. The fourth-order valence-electron chi connectivity index (χ4n) is 1.01. The number of carboxylic acids is 1. The van der Waals surface area contributed by atoms with Crippen molar-refractivity contribution in [2.75, 3.05) is 0 Å². The van der Waals surface area contributed by atoms with Crippen molar-refractivity contribution in [2.24, 2.45) is 5.73 Å². The van der Waals surface area contributed by atoms with E-state index in [0.29, 0.717) is 0 Å². The highest BCUT2D eigenvalue weighted by Crippen LogP contribution is 2.27. The lowest BCUT2D eigenvalue weighted by atomic mass is 10.1. The molecule has 5 nitrogen and oxygen atoms in total. The molecule has 8 heteroatoms. The van der Waals surface area contributed by atoms with Gasteiger partial charge in [0.2, 0.25) is 0 Å². The predicted molar refractivity (Wildman–Crippen MR) is 47.5 cm³/mol. The number of rotatable bonds is 3. The van der Waals surface area contributed by atoms with Gasteiger partial charge >= 0.3 is 12.1 Å². The molecule has 1 unspecified atom stereocenters. The molecule has 0 saturated carbocycles. The summed E-state index contributed by atoms with van der Waals surface area (Å²) in [5.74, 6) is -1.31. The number of hydrogen-bond donors (Lipinski definition) is 2. The van der Waals surface area contributed by atoms with Crippen LogP contribution in [-0.4, -0.2) is 26.4 Å². The Hall–Kier alpha value is -1.57. The third-order valence-corrected chi connectivity index (χ3v) is 1.91. The van der Waals surface area contributed by atoms with Crippen LogP contribution in [0.2, 0.25) is 0 Å². The van der Waals surface area contributed by atoms with Gasteiger partial charge in [-0.3, -0.25) is 9.48 Å². The van der Waals surface area contributed by atoms with Crippen LogP contribution in [0.5, 0.6) is 0 Å². The van der Waals surface area contributed by atoms with Crippen LogP contribution in [0.25, 0.3) is 0 Å². The first-order valence-corrected chi connectivity index (χ1v) is 4.26. The van der Waals surface area contributed by atoms with Gasteiger partial charge in [-0.05, 0) is 13.0 Å². The monoisotopic (exact) mass is 237 g/mol. The first-order valence-electron chi connectivity index (χ1n) is 4.26. The van der Waals surface area contributed by atoms with Crippen LogP contribution in [0.15, 0.2) is 12.3 Å². The average molecular weight is 237 g/mol. The average Bonchev–Trinajstić information content (AvgIpc) is 2.50. The number of aromatic nitrogens is 2. The Morgan fingerprint density at radius 1 is 1.62 bits per heavy atom. The number of carbonyl (C=O) groups is 1. The molecule has 90 valence electrons. The molecule has 0 aliphatic carbocycles. The van der Waals surface area contributed by atoms with E-state index in [0.717, 1.165) is 16.9 Å². The molecule has 0 aromatic carbocycles. The molecule has 0 fully saturated rings. The minimum atomic E-state index is -4.54. The van der Waals surface area contributed by atoms with Crippen molar-refractivity contribution in [3.63, 3.8) is 0 Å². The molecule has 0 spiro atoms. The van der Waals surface area contributed by atoms with Gasteiger partial charge in [0.05, 0.1) is 6.54 Å². The zero-order valence-electron chi connectivity index (χ0n) is 8.32. The summed E-state index contributed by atoms with van der Waals surface area (Å²) < 4.78 is 37.4. The minimum absolute atomic E-state index is 0.335. The quantitative estimate of drug-likeness (QED) is 0.810. The molecule has 1 rings (SSSR count). The van der Waals surface area contributed by atoms with E-state index in [1.54, 1.807) is 0 Å². The molecule has 1 heterocycles. The summed E-state index contributed by atoms with van der Waals surface area (Å²) in [7, 11) is 0. The highest BCUT2D eigenvalue weighted by molar-refractivity contribution is 5.77. The van der Waals surface area contributed by atoms with E-state index in [2.05, 4.69) is 5.10 Å². The third-order valence-electron chi connectivity index (χ3n) is 1.91. The zero-order valence-corrected chi connectivity index (χ0v) is 8.32. The van der Waals surface area contributed by atoms with Gasteiger partial charge in [-0.25, -0.2) is 0 Å². The van der Waals surface area contributed by atoms with E-state index in [-0.39, 0.29) is 6.54 Å². The number of nitrogens with zero attached hydrogens (tertiary/aromatic N) is 2. The lowest BCUT2D eigenvalue weighted by Crippen LogP contribution is -2.48. The molecule has 1 aromatic heterocycles. The summed E-state index contributed by atoms with van der Waals surface area (Å²) in [5, 5.41) is 11.9. The molecular weight excluding hydrogens is 227 g/mol. The number of carboxylic acid groups (broad SMARTS) is 1. The number of halogens is 3.